The van der Waals surface area contributed by atoms with Gasteiger partial charge < -0.3 is 19.5 Å². The fraction of sp³-hybridized carbons (Fsp3) is 0.500. The van der Waals surface area contributed by atoms with Crippen LogP contribution in [0.3, 0.4) is 0 Å². The van der Waals surface area contributed by atoms with Crippen LogP contribution in [0.2, 0.25) is 0 Å². The third-order valence-corrected chi connectivity index (χ3v) is 3.51. The number of nitrogens with zero attached hydrogens (tertiary/aromatic N) is 2. The zero-order chi connectivity index (χ0) is 15.9. The van der Waals surface area contributed by atoms with Crippen molar-refractivity contribution in [2.75, 3.05) is 19.8 Å². The Morgan fingerprint density at radius 2 is 2.18 bits per heavy atom. The van der Waals surface area contributed by atoms with Crippen LogP contribution in [-0.2, 0) is 17.7 Å². The van der Waals surface area contributed by atoms with E-state index in [4.69, 9.17) is 14.9 Å². The first kappa shape index (κ1) is 16.5. The molecule has 0 fully saturated rings. The zero-order valence-electron chi connectivity index (χ0n) is 12.8. The molecule has 2 aromatic rings. The first-order chi connectivity index (χ1) is 10.7. The summed E-state index contributed by atoms with van der Waals surface area (Å²) in [6.45, 7) is 4.23. The lowest BCUT2D eigenvalue weighted by Crippen LogP contribution is -2.07. The van der Waals surface area contributed by atoms with Gasteiger partial charge in [-0.2, -0.15) is 0 Å². The standard InChI is InChI=1S/C16H22N2O4/c1-2-22-10-4-8-18-14-7-6-12(16(20)21)11-13(14)17-15(18)5-3-9-19/h6-7,11,19H,2-5,8-10H2,1H3,(H,20,21). The minimum absolute atomic E-state index is 0.114. The van der Waals surface area contributed by atoms with Gasteiger partial charge in [0.25, 0.3) is 0 Å². The van der Waals surface area contributed by atoms with E-state index < -0.39 is 5.97 Å². The van der Waals surface area contributed by atoms with E-state index in [-0.39, 0.29) is 12.2 Å². The Hall–Kier alpha value is -1.92. The number of aromatic carboxylic acids is 1. The van der Waals surface area contributed by atoms with Crippen molar-refractivity contribution >= 4 is 17.0 Å². The van der Waals surface area contributed by atoms with Crippen LogP contribution in [0.5, 0.6) is 0 Å². The van der Waals surface area contributed by atoms with Crippen LogP contribution in [-0.4, -0.2) is 45.6 Å². The number of hydrogen-bond acceptors (Lipinski definition) is 4. The maximum atomic E-state index is 11.1. The number of aliphatic hydroxyl groups is 1. The lowest BCUT2D eigenvalue weighted by Gasteiger charge is -2.09. The third kappa shape index (κ3) is 3.84. The van der Waals surface area contributed by atoms with Gasteiger partial charge in [0.2, 0.25) is 0 Å². The summed E-state index contributed by atoms with van der Waals surface area (Å²) in [5.41, 5.74) is 1.85. The molecule has 0 unspecified atom stereocenters. The number of rotatable bonds is 9. The fourth-order valence-corrected chi connectivity index (χ4v) is 2.46. The number of imidazole rings is 1. The zero-order valence-corrected chi connectivity index (χ0v) is 12.8. The van der Waals surface area contributed by atoms with Crippen LogP contribution in [0.25, 0.3) is 11.0 Å². The smallest absolute Gasteiger partial charge is 0.335 e. The number of aromatic nitrogens is 2. The molecule has 0 atom stereocenters. The molecule has 0 aliphatic rings. The Morgan fingerprint density at radius 3 is 2.86 bits per heavy atom. The molecule has 2 rings (SSSR count). The summed E-state index contributed by atoms with van der Waals surface area (Å²) >= 11 is 0. The van der Waals surface area contributed by atoms with Gasteiger partial charge in [0.1, 0.15) is 5.82 Å². The predicted octanol–water partition coefficient (Wildman–Crippen LogP) is 2.09. The maximum absolute atomic E-state index is 11.1. The number of fused-ring (bicyclic) bond motifs is 1. The van der Waals surface area contributed by atoms with Gasteiger partial charge >= 0.3 is 5.97 Å². The highest BCUT2D eigenvalue weighted by atomic mass is 16.5. The number of carboxylic acids is 1. The summed E-state index contributed by atoms with van der Waals surface area (Å²) in [4.78, 5) is 15.6. The number of carbonyl (C=O) groups is 1. The van der Waals surface area contributed by atoms with Crippen LogP contribution >= 0.6 is 0 Å². The fourth-order valence-electron chi connectivity index (χ4n) is 2.46. The number of aryl methyl sites for hydroxylation is 2. The Kier molecular flexibility index (Phi) is 5.91. The van der Waals surface area contributed by atoms with Crippen LogP contribution in [0, 0.1) is 0 Å². The molecule has 1 aromatic carbocycles. The first-order valence-corrected chi connectivity index (χ1v) is 7.58. The van der Waals surface area contributed by atoms with E-state index in [1.165, 1.54) is 0 Å². The van der Waals surface area contributed by atoms with Gasteiger partial charge in [-0.3, -0.25) is 0 Å². The molecule has 0 bridgehead atoms. The van der Waals surface area contributed by atoms with Crippen LogP contribution < -0.4 is 0 Å². The average molecular weight is 306 g/mol. The highest BCUT2D eigenvalue weighted by Gasteiger charge is 2.12. The van der Waals surface area contributed by atoms with Crippen molar-refractivity contribution < 1.29 is 19.7 Å². The molecule has 2 N–H and O–H groups in total. The van der Waals surface area contributed by atoms with E-state index in [2.05, 4.69) is 9.55 Å². The molecule has 6 nitrogen and oxygen atoms in total. The normalized spacial score (nSPS) is 11.2. The second kappa shape index (κ2) is 7.91. The van der Waals surface area contributed by atoms with Crippen molar-refractivity contribution in [1.82, 2.24) is 9.55 Å². The van der Waals surface area contributed by atoms with Gasteiger partial charge in [-0.05, 0) is 38.0 Å². The lowest BCUT2D eigenvalue weighted by atomic mass is 10.2. The van der Waals surface area contributed by atoms with Gasteiger partial charge in [-0.1, -0.05) is 0 Å². The van der Waals surface area contributed by atoms with Gasteiger partial charge in [0.15, 0.2) is 0 Å². The molecule has 0 saturated carbocycles. The summed E-state index contributed by atoms with van der Waals surface area (Å²) in [5.74, 6) is -0.0761. The minimum atomic E-state index is -0.954. The predicted molar refractivity (Wildman–Crippen MR) is 83.2 cm³/mol. The van der Waals surface area contributed by atoms with Crippen LogP contribution in [0.15, 0.2) is 18.2 Å². The molecule has 22 heavy (non-hydrogen) atoms. The number of ether oxygens (including phenoxy) is 1. The molecule has 120 valence electrons. The highest BCUT2D eigenvalue weighted by Crippen LogP contribution is 2.20. The third-order valence-electron chi connectivity index (χ3n) is 3.51. The Bertz CT molecular complexity index is 636. The van der Waals surface area contributed by atoms with Crippen molar-refractivity contribution in [2.45, 2.75) is 32.7 Å². The second-order valence-electron chi connectivity index (χ2n) is 5.07. The molecule has 6 heteroatoms. The maximum Gasteiger partial charge on any atom is 0.335 e. The molecule has 0 radical (unpaired) electrons. The van der Waals surface area contributed by atoms with Crippen molar-refractivity contribution in [3.63, 3.8) is 0 Å². The van der Waals surface area contributed by atoms with Crippen molar-refractivity contribution in [3.05, 3.63) is 29.6 Å². The summed E-state index contributed by atoms with van der Waals surface area (Å²) in [7, 11) is 0. The molecular formula is C16H22N2O4. The van der Waals surface area contributed by atoms with E-state index >= 15 is 0 Å². The van der Waals surface area contributed by atoms with Crippen LogP contribution in [0.4, 0.5) is 0 Å². The molecule has 0 saturated heterocycles. The van der Waals surface area contributed by atoms with E-state index in [1.54, 1.807) is 18.2 Å². The molecule has 0 aliphatic carbocycles. The van der Waals surface area contributed by atoms with Gasteiger partial charge in [0, 0.05) is 32.8 Å². The molecule has 1 aromatic heterocycles. The van der Waals surface area contributed by atoms with Gasteiger partial charge in [0.05, 0.1) is 16.6 Å². The van der Waals surface area contributed by atoms with E-state index in [1.807, 2.05) is 6.92 Å². The van der Waals surface area contributed by atoms with Crippen molar-refractivity contribution in [2.24, 2.45) is 0 Å². The van der Waals surface area contributed by atoms with Gasteiger partial charge in [-0.15, -0.1) is 0 Å². The Morgan fingerprint density at radius 1 is 1.36 bits per heavy atom. The van der Waals surface area contributed by atoms with Crippen molar-refractivity contribution in [1.29, 1.82) is 0 Å². The minimum Gasteiger partial charge on any atom is -0.478 e. The molecule has 0 amide bonds. The topological polar surface area (TPSA) is 84.6 Å². The van der Waals surface area contributed by atoms with E-state index in [9.17, 15) is 4.79 Å². The average Bonchev–Trinajstić information content (AvgIpc) is 2.86. The quantitative estimate of drug-likeness (QED) is 0.693. The molecular weight excluding hydrogens is 284 g/mol. The van der Waals surface area contributed by atoms with Gasteiger partial charge in [-0.25, -0.2) is 9.78 Å². The Labute approximate surface area is 129 Å². The number of hydrogen-bond donors (Lipinski definition) is 2. The number of benzene rings is 1. The largest absolute Gasteiger partial charge is 0.478 e. The summed E-state index contributed by atoms with van der Waals surface area (Å²) < 4.78 is 7.46. The van der Waals surface area contributed by atoms with E-state index in [0.29, 0.717) is 31.6 Å². The second-order valence-corrected chi connectivity index (χ2v) is 5.07. The molecule has 0 aliphatic heterocycles. The van der Waals surface area contributed by atoms with Crippen molar-refractivity contribution in [3.8, 4) is 0 Å². The highest BCUT2D eigenvalue weighted by molar-refractivity contribution is 5.92. The molecule has 0 spiro atoms. The SMILES string of the molecule is CCOCCCn1c(CCCO)nc2cc(C(=O)O)ccc21. The van der Waals surface area contributed by atoms with Crippen LogP contribution in [0.1, 0.15) is 35.9 Å². The summed E-state index contributed by atoms with van der Waals surface area (Å²) in [5, 5.41) is 18.1. The number of carboxylic acid groups (broad SMARTS) is 1. The van der Waals surface area contributed by atoms with E-state index in [0.717, 1.165) is 24.3 Å². The first-order valence-electron chi connectivity index (χ1n) is 7.58. The summed E-state index contributed by atoms with van der Waals surface area (Å²) in [6.07, 6.45) is 2.18. The lowest BCUT2D eigenvalue weighted by molar-refractivity contribution is 0.0697. The number of aliphatic hydroxyl groups excluding tert-OH is 1. The summed E-state index contributed by atoms with van der Waals surface area (Å²) in [6, 6.07) is 5.00. The Balaban J connectivity index is 2.29. The molecule has 1 heterocycles. The monoisotopic (exact) mass is 306 g/mol.